The van der Waals surface area contributed by atoms with Crippen molar-refractivity contribution >= 4 is 55.3 Å². The third-order valence-corrected chi connectivity index (χ3v) is 13.4. The quantitative estimate of drug-likeness (QED) is 0.167. The monoisotopic (exact) mass is 799 g/mol. The molecule has 0 saturated heterocycles. The number of anilines is 4. The maximum Gasteiger partial charge on any atom is 0.161 e. The van der Waals surface area contributed by atoms with Crippen molar-refractivity contribution in [3.63, 3.8) is 0 Å². The highest BCUT2D eigenvalue weighted by Gasteiger charge is 2.38. The minimum atomic E-state index is -0.234. The number of nitrogens with zero attached hydrogens (tertiary/aromatic N) is 3. The minimum absolute atomic E-state index is 0.234. The second-order valence-corrected chi connectivity index (χ2v) is 17.2. The smallest absolute Gasteiger partial charge is 0.161 e. The van der Waals surface area contributed by atoms with E-state index in [4.69, 9.17) is 4.74 Å². The molecule has 1 aliphatic heterocycles. The minimum Gasteiger partial charge on any atom is -0.473 e. The molecule has 0 spiro atoms. The van der Waals surface area contributed by atoms with Crippen molar-refractivity contribution in [3.05, 3.63) is 217 Å². The summed E-state index contributed by atoms with van der Waals surface area (Å²) in [6.07, 6.45) is 0.861. The zero-order valence-corrected chi connectivity index (χ0v) is 34.9. The van der Waals surface area contributed by atoms with E-state index in [1.54, 1.807) is 0 Å². The Morgan fingerprint density at radius 3 is 2.02 bits per heavy atom. The normalized spacial score (nSPS) is 14.0. The van der Waals surface area contributed by atoms with Gasteiger partial charge in [-0.1, -0.05) is 141 Å². The molecule has 2 heterocycles. The number of ether oxygens (including phenoxy) is 1. The molecule has 0 unspecified atom stereocenters. The van der Waals surface area contributed by atoms with Crippen molar-refractivity contribution in [2.24, 2.45) is 0 Å². The molecule has 4 nitrogen and oxygen atoms in total. The van der Waals surface area contributed by atoms with Gasteiger partial charge in [0.05, 0.1) is 11.0 Å². The molecule has 12 rings (SSSR count). The average Bonchev–Trinajstić information content (AvgIpc) is 3.65. The van der Waals surface area contributed by atoms with E-state index >= 15 is 0 Å². The zero-order chi connectivity index (χ0) is 41.4. The number of fused-ring (bicyclic) bond motifs is 8. The zero-order valence-electron chi connectivity index (χ0n) is 34.9. The van der Waals surface area contributed by atoms with Crippen molar-refractivity contribution in [3.8, 4) is 33.7 Å². The van der Waals surface area contributed by atoms with Crippen LogP contribution in [-0.4, -0.2) is 17.8 Å². The van der Waals surface area contributed by atoms with Crippen molar-refractivity contribution in [2.45, 2.75) is 25.7 Å². The van der Waals surface area contributed by atoms with Crippen LogP contribution in [0, 0.1) is 0 Å². The van der Waals surface area contributed by atoms with E-state index < -0.39 is 0 Å². The number of rotatable bonds is 6. The highest BCUT2D eigenvalue weighted by Crippen LogP contribution is 2.55. The Hall–Kier alpha value is -7.56. The third kappa shape index (κ3) is 5.74. The predicted molar refractivity (Wildman–Crippen MR) is 259 cm³/mol. The van der Waals surface area contributed by atoms with E-state index in [0.29, 0.717) is 6.73 Å². The fraction of sp³-hybridized carbons (Fsp3) is 0.103. The van der Waals surface area contributed by atoms with E-state index in [1.807, 2.05) is 0 Å². The number of aromatic nitrogens is 1. The van der Waals surface area contributed by atoms with Gasteiger partial charge in [0.15, 0.2) is 6.73 Å². The number of benzene rings is 9. The van der Waals surface area contributed by atoms with Crippen LogP contribution in [0.1, 0.15) is 30.5 Å². The lowest BCUT2D eigenvalue weighted by Crippen LogP contribution is -2.27. The van der Waals surface area contributed by atoms with Gasteiger partial charge in [-0.25, -0.2) is 0 Å². The van der Waals surface area contributed by atoms with Crippen LogP contribution in [0.3, 0.4) is 0 Å². The van der Waals surface area contributed by atoms with Crippen LogP contribution in [0.15, 0.2) is 200 Å². The molecule has 0 N–H and O–H groups in total. The Bertz CT molecular complexity index is 3350. The molecule has 0 atom stereocenters. The molecule has 0 saturated carbocycles. The predicted octanol–water partition coefficient (Wildman–Crippen LogP) is 14.8. The summed E-state index contributed by atoms with van der Waals surface area (Å²) in [5, 5.41) is 4.90. The summed E-state index contributed by atoms with van der Waals surface area (Å²) < 4.78 is 9.11. The maximum absolute atomic E-state index is 6.69. The highest BCUT2D eigenvalue weighted by molar-refractivity contribution is 6.10. The number of hydrogen-bond acceptors (Lipinski definition) is 3. The molecule has 62 heavy (non-hydrogen) atoms. The van der Waals surface area contributed by atoms with Crippen molar-refractivity contribution in [1.82, 2.24) is 4.57 Å². The van der Waals surface area contributed by atoms with E-state index in [9.17, 15) is 0 Å². The third-order valence-electron chi connectivity index (χ3n) is 13.4. The highest BCUT2D eigenvalue weighted by atomic mass is 16.5. The largest absolute Gasteiger partial charge is 0.473 e. The van der Waals surface area contributed by atoms with Gasteiger partial charge < -0.3 is 19.1 Å². The summed E-state index contributed by atoms with van der Waals surface area (Å²) in [5.41, 5.74) is 16.8. The first kappa shape index (κ1) is 36.3. The van der Waals surface area contributed by atoms with Crippen molar-refractivity contribution < 1.29 is 4.74 Å². The summed E-state index contributed by atoms with van der Waals surface area (Å²) in [6, 6.07) is 73.3. The molecular weight excluding hydrogens is 755 g/mol. The molecule has 1 aromatic heterocycles. The van der Waals surface area contributed by atoms with Crippen LogP contribution in [-0.2, 0) is 11.8 Å². The van der Waals surface area contributed by atoms with Gasteiger partial charge in [-0.15, -0.1) is 0 Å². The first-order valence-electron chi connectivity index (χ1n) is 21.7. The lowest BCUT2D eigenvalue weighted by molar-refractivity contribution is 0.321. The molecule has 2 aliphatic rings. The Morgan fingerprint density at radius 2 is 1.16 bits per heavy atom. The fourth-order valence-electron chi connectivity index (χ4n) is 10.4. The van der Waals surface area contributed by atoms with Crippen molar-refractivity contribution in [1.29, 1.82) is 0 Å². The molecule has 9 aromatic carbocycles. The van der Waals surface area contributed by atoms with Crippen LogP contribution in [0.2, 0.25) is 0 Å². The molecular formula is C58H45N3O. The summed E-state index contributed by atoms with van der Waals surface area (Å²) in [5.74, 6) is 0.955. The maximum atomic E-state index is 6.69. The molecule has 0 radical (unpaired) electrons. The van der Waals surface area contributed by atoms with Crippen LogP contribution >= 0.6 is 0 Å². The Kier molecular flexibility index (Phi) is 8.36. The van der Waals surface area contributed by atoms with Gasteiger partial charge in [-0.2, -0.15) is 0 Å². The first-order valence-corrected chi connectivity index (χ1v) is 21.7. The molecule has 10 aromatic rings. The lowest BCUT2D eigenvalue weighted by atomic mass is 9.81. The topological polar surface area (TPSA) is 20.6 Å². The number of hydrogen-bond donors (Lipinski definition) is 0. The Labute approximate surface area is 362 Å². The standard InChI is InChI=1S/C58H45N3O/c1-58(2)52-25-13-11-23-50(52)57-51(46-24-15-27-56-49(46)32-33-59(38-62-56)41-18-5-3-6-19-41)35-45(36-53(57)58)60(43-29-28-39-16-9-10-17-40(39)34-43)44-30-31-48-47-22-12-14-26-54(47)61(55(48)37-44)42-20-7-4-8-21-42/h3-31,34-37H,32-33,38H2,1-2H3. The summed E-state index contributed by atoms with van der Waals surface area (Å²) >= 11 is 0. The van der Waals surface area contributed by atoms with Crippen LogP contribution < -0.4 is 14.5 Å². The second kappa shape index (κ2) is 14.3. The van der Waals surface area contributed by atoms with Gasteiger partial charge in [0.1, 0.15) is 5.75 Å². The molecule has 0 amide bonds. The first-order chi connectivity index (χ1) is 30.5. The van der Waals surface area contributed by atoms with E-state index in [0.717, 1.165) is 41.5 Å². The van der Waals surface area contributed by atoms with Gasteiger partial charge in [0.25, 0.3) is 0 Å². The van der Waals surface area contributed by atoms with Crippen LogP contribution in [0.4, 0.5) is 22.7 Å². The molecule has 0 fully saturated rings. The Morgan fingerprint density at radius 1 is 0.484 bits per heavy atom. The van der Waals surface area contributed by atoms with Crippen LogP contribution in [0.5, 0.6) is 5.75 Å². The second-order valence-electron chi connectivity index (χ2n) is 17.2. The number of para-hydroxylation sites is 3. The van der Waals surface area contributed by atoms with Gasteiger partial charge in [-0.05, 0) is 123 Å². The van der Waals surface area contributed by atoms with Gasteiger partial charge >= 0.3 is 0 Å². The fourth-order valence-corrected chi connectivity index (χ4v) is 10.4. The lowest BCUT2D eigenvalue weighted by Gasteiger charge is -2.30. The molecule has 4 heteroatoms. The SMILES string of the molecule is CC1(C)c2ccccc2-c2c(-c3cccc4c3CCN(c3ccccc3)CO4)cc(N(c3ccc4ccccc4c3)c3ccc4c5ccccc5n(-c5ccccc5)c4c3)cc21. The van der Waals surface area contributed by atoms with E-state index in [-0.39, 0.29) is 5.41 Å². The Balaban J connectivity index is 1.12. The summed E-state index contributed by atoms with van der Waals surface area (Å²) in [7, 11) is 0. The van der Waals surface area contributed by atoms with E-state index in [1.165, 1.54) is 77.2 Å². The van der Waals surface area contributed by atoms with Gasteiger partial charge in [0, 0.05) is 56.7 Å². The van der Waals surface area contributed by atoms with Gasteiger partial charge in [0.2, 0.25) is 0 Å². The van der Waals surface area contributed by atoms with Gasteiger partial charge in [-0.3, -0.25) is 0 Å². The van der Waals surface area contributed by atoms with Crippen LogP contribution in [0.25, 0.3) is 60.5 Å². The molecule has 0 bridgehead atoms. The summed E-state index contributed by atoms with van der Waals surface area (Å²) in [4.78, 5) is 4.83. The van der Waals surface area contributed by atoms with Crippen molar-refractivity contribution in [2.75, 3.05) is 23.1 Å². The summed E-state index contributed by atoms with van der Waals surface area (Å²) in [6.45, 7) is 6.15. The molecule has 298 valence electrons. The molecule has 1 aliphatic carbocycles. The average molecular weight is 800 g/mol. The van der Waals surface area contributed by atoms with E-state index in [2.05, 4.69) is 228 Å².